The zero-order chi connectivity index (χ0) is 15.0. The summed E-state index contributed by atoms with van der Waals surface area (Å²) in [5, 5.41) is 11.6. The van der Waals surface area contributed by atoms with Gasteiger partial charge < -0.3 is 15.2 Å². The second-order valence-electron chi connectivity index (χ2n) is 4.47. The summed E-state index contributed by atoms with van der Waals surface area (Å²) in [6.45, 7) is 6.66. The van der Waals surface area contributed by atoms with Crippen molar-refractivity contribution < 1.29 is 14.6 Å². The minimum Gasteiger partial charge on any atom is -0.384 e. The van der Waals surface area contributed by atoms with Crippen LogP contribution in [0, 0.1) is 18.8 Å². The van der Waals surface area contributed by atoms with Gasteiger partial charge >= 0.3 is 0 Å². The van der Waals surface area contributed by atoms with Crippen LogP contribution in [0.25, 0.3) is 0 Å². The third-order valence-corrected chi connectivity index (χ3v) is 2.80. The van der Waals surface area contributed by atoms with Crippen LogP contribution in [0.4, 0.5) is 0 Å². The molecular formula is C16H21NO3. The molecule has 0 heterocycles. The van der Waals surface area contributed by atoms with Gasteiger partial charge in [0.2, 0.25) is 0 Å². The van der Waals surface area contributed by atoms with Crippen molar-refractivity contribution in [1.29, 1.82) is 0 Å². The molecule has 20 heavy (non-hydrogen) atoms. The molecule has 0 aromatic heterocycles. The van der Waals surface area contributed by atoms with Crippen LogP contribution in [0.3, 0.4) is 0 Å². The number of hydrogen-bond acceptors (Lipinski definition) is 3. The molecule has 0 bridgehead atoms. The number of ether oxygens (including phenoxy) is 1. The number of benzene rings is 1. The van der Waals surface area contributed by atoms with E-state index in [2.05, 4.69) is 17.2 Å². The lowest BCUT2D eigenvalue weighted by molar-refractivity contribution is 0.0695. The van der Waals surface area contributed by atoms with E-state index in [1.54, 1.807) is 12.1 Å². The largest absolute Gasteiger partial charge is 0.384 e. The third kappa shape index (κ3) is 5.04. The van der Waals surface area contributed by atoms with Gasteiger partial charge in [-0.05, 0) is 38.5 Å². The average molecular weight is 275 g/mol. The van der Waals surface area contributed by atoms with E-state index in [9.17, 15) is 4.79 Å². The predicted octanol–water partition coefficient (Wildman–Crippen LogP) is 1.49. The van der Waals surface area contributed by atoms with Crippen molar-refractivity contribution in [3.05, 3.63) is 34.9 Å². The van der Waals surface area contributed by atoms with Crippen LogP contribution in [-0.2, 0) is 4.74 Å². The molecule has 1 aromatic carbocycles. The molecule has 1 amide bonds. The highest BCUT2D eigenvalue weighted by molar-refractivity contribution is 5.94. The number of aryl methyl sites for hydroxylation is 1. The van der Waals surface area contributed by atoms with Gasteiger partial charge in [-0.3, -0.25) is 4.79 Å². The minimum absolute atomic E-state index is 0.0111. The normalized spacial score (nSPS) is 11.4. The highest BCUT2D eigenvalue weighted by Crippen LogP contribution is 2.10. The Morgan fingerprint density at radius 3 is 2.90 bits per heavy atom. The smallest absolute Gasteiger partial charge is 0.251 e. The Morgan fingerprint density at radius 1 is 1.50 bits per heavy atom. The molecule has 0 radical (unpaired) electrons. The van der Waals surface area contributed by atoms with Gasteiger partial charge in [-0.15, -0.1) is 0 Å². The molecule has 2 N–H and O–H groups in total. The predicted molar refractivity (Wildman–Crippen MR) is 78.6 cm³/mol. The molecule has 0 fully saturated rings. The lowest BCUT2D eigenvalue weighted by Gasteiger charge is -2.12. The lowest BCUT2D eigenvalue weighted by Crippen LogP contribution is -2.32. The summed E-state index contributed by atoms with van der Waals surface area (Å²) in [5.41, 5.74) is 2.29. The molecule has 1 unspecified atom stereocenters. The molecule has 4 nitrogen and oxygen atoms in total. The fourth-order valence-electron chi connectivity index (χ4n) is 1.71. The van der Waals surface area contributed by atoms with Gasteiger partial charge in [-0.25, -0.2) is 0 Å². The fraction of sp³-hybridized carbons (Fsp3) is 0.438. The summed E-state index contributed by atoms with van der Waals surface area (Å²) in [7, 11) is 0. The minimum atomic E-state index is -0.193. The second kappa shape index (κ2) is 8.36. The summed E-state index contributed by atoms with van der Waals surface area (Å²) in [6.07, 6.45) is -0.0111. The zero-order valence-electron chi connectivity index (χ0n) is 12.2. The number of hydrogen-bond donors (Lipinski definition) is 2. The Kier molecular flexibility index (Phi) is 6.78. The van der Waals surface area contributed by atoms with Gasteiger partial charge in [-0.2, -0.15) is 0 Å². The molecule has 0 saturated carbocycles. The van der Waals surface area contributed by atoms with Crippen LogP contribution in [0.5, 0.6) is 0 Å². The van der Waals surface area contributed by atoms with Crippen LogP contribution in [-0.4, -0.2) is 36.9 Å². The maximum absolute atomic E-state index is 12.0. The first-order valence-electron chi connectivity index (χ1n) is 6.68. The van der Waals surface area contributed by atoms with E-state index >= 15 is 0 Å². The number of rotatable bonds is 5. The first-order chi connectivity index (χ1) is 9.58. The van der Waals surface area contributed by atoms with Gasteiger partial charge in [0.15, 0.2) is 0 Å². The van der Waals surface area contributed by atoms with E-state index in [1.165, 1.54) is 0 Å². The maximum Gasteiger partial charge on any atom is 0.251 e. The van der Waals surface area contributed by atoms with Crippen molar-refractivity contribution in [3.63, 3.8) is 0 Å². The standard InChI is InChI=1S/C16H21NO3/c1-4-20-13(3)11-17-16(19)15-8-7-12(2)14(10-15)6-5-9-18/h7-8,10,13,18H,4,9,11H2,1-3H3,(H,17,19). The van der Waals surface area contributed by atoms with Crippen molar-refractivity contribution in [1.82, 2.24) is 5.32 Å². The SMILES string of the molecule is CCOC(C)CNC(=O)c1ccc(C)c(C#CCO)c1. The number of nitrogens with one attached hydrogen (secondary N) is 1. The number of aliphatic hydroxyl groups excluding tert-OH is 1. The quantitative estimate of drug-likeness (QED) is 0.801. The maximum atomic E-state index is 12.0. The molecule has 1 rings (SSSR count). The van der Waals surface area contributed by atoms with E-state index in [1.807, 2.05) is 26.8 Å². The van der Waals surface area contributed by atoms with Gasteiger partial charge in [0.25, 0.3) is 5.91 Å². The monoisotopic (exact) mass is 275 g/mol. The molecule has 1 aromatic rings. The second-order valence-corrected chi connectivity index (χ2v) is 4.47. The van der Waals surface area contributed by atoms with E-state index in [4.69, 9.17) is 9.84 Å². The van der Waals surface area contributed by atoms with E-state index in [0.29, 0.717) is 18.7 Å². The summed E-state index contributed by atoms with van der Waals surface area (Å²) in [4.78, 5) is 12.0. The highest BCUT2D eigenvalue weighted by atomic mass is 16.5. The zero-order valence-corrected chi connectivity index (χ0v) is 12.2. The van der Waals surface area contributed by atoms with Gasteiger partial charge in [0.05, 0.1) is 6.10 Å². The molecule has 108 valence electrons. The Bertz CT molecular complexity index is 514. The van der Waals surface area contributed by atoms with Crippen LogP contribution in [0.2, 0.25) is 0 Å². The van der Waals surface area contributed by atoms with Crippen LogP contribution >= 0.6 is 0 Å². The molecule has 1 atom stereocenters. The number of amides is 1. The highest BCUT2D eigenvalue weighted by Gasteiger charge is 2.09. The third-order valence-electron chi connectivity index (χ3n) is 2.80. The van der Waals surface area contributed by atoms with Crippen molar-refractivity contribution >= 4 is 5.91 Å². The van der Waals surface area contributed by atoms with Gasteiger partial charge in [0, 0.05) is 24.3 Å². The van der Waals surface area contributed by atoms with Crippen LogP contribution in [0.15, 0.2) is 18.2 Å². The Morgan fingerprint density at radius 2 is 2.25 bits per heavy atom. The first-order valence-corrected chi connectivity index (χ1v) is 6.68. The molecule has 0 saturated heterocycles. The topological polar surface area (TPSA) is 58.6 Å². The summed E-state index contributed by atoms with van der Waals surface area (Å²) >= 11 is 0. The number of carbonyl (C=O) groups is 1. The summed E-state index contributed by atoms with van der Waals surface area (Å²) < 4.78 is 5.36. The van der Waals surface area contributed by atoms with Crippen molar-refractivity contribution in [2.75, 3.05) is 19.8 Å². The summed E-state index contributed by atoms with van der Waals surface area (Å²) in [6, 6.07) is 5.35. The lowest BCUT2D eigenvalue weighted by atomic mass is 10.0. The molecule has 0 aliphatic rings. The molecular weight excluding hydrogens is 254 g/mol. The van der Waals surface area contributed by atoms with E-state index < -0.39 is 0 Å². The first kappa shape index (κ1) is 16.2. The molecule has 0 spiro atoms. The van der Waals surface area contributed by atoms with Crippen molar-refractivity contribution in [2.24, 2.45) is 0 Å². The Labute approximate surface area is 120 Å². The number of aliphatic hydroxyl groups is 1. The van der Waals surface area contributed by atoms with Gasteiger partial charge in [-0.1, -0.05) is 17.9 Å². The molecule has 0 aliphatic carbocycles. The van der Waals surface area contributed by atoms with Crippen LogP contribution < -0.4 is 5.32 Å². The average Bonchev–Trinajstić information content (AvgIpc) is 2.44. The fourth-order valence-corrected chi connectivity index (χ4v) is 1.71. The van der Waals surface area contributed by atoms with E-state index in [-0.39, 0.29) is 18.6 Å². The number of carbonyl (C=O) groups excluding carboxylic acids is 1. The van der Waals surface area contributed by atoms with Crippen molar-refractivity contribution in [2.45, 2.75) is 26.9 Å². The Balaban J connectivity index is 2.73. The molecule has 0 aliphatic heterocycles. The van der Waals surface area contributed by atoms with Crippen molar-refractivity contribution in [3.8, 4) is 11.8 Å². The molecule has 4 heteroatoms. The summed E-state index contributed by atoms with van der Waals surface area (Å²) in [5.74, 6) is 5.28. The van der Waals surface area contributed by atoms with Crippen LogP contribution in [0.1, 0.15) is 35.3 Å². The van der Waals surface area contributed by atoms with E-state index in [0.717, 1.165) is 11.1 Å². The Hall–Kier alpha value is -1.83. The van der Waals surface area contributed by atoms with Gasteiger partial charge in [0.1, 0.15) is 6.61 Å².